The van der Waals surface area contributed by atoms with Crippen LogP contribution >= 0.6 is 11.6 Å². The first kappa shape index (κ1) is 9.88. The van der Waals surface area contributed by atoms with Crippen molar-refractivity contribution in [2.24, 2.45) is 4.53 Å². The lowest BCUT2D eigenvalue weighted by atomic mass is 10.2. The van der Waals surface area contributed by atoms with E-state index in [2.05, 4.69) is 9.36 Å². The first-order valence-corrected chi connectivity index (χ1v) is 4.28. The molecule has 0 spiro atoms. The average Bonchev–Trinajstić information content (AvgIpc) is 2.15. The summed E-state index contributed by atoms with van der Waals surface area (Å²) in [5.41, 5.74) is 0.182. The highest BCUT2D eigenvalue weighted by Gasteiger charge is 2.08. The van der Waals surface area contributed by atoms with E-state index in [4.69, 9.17) is 11.6 Å². The maximum Gasteiger partial charge on any atom is 0.256 e. The Balaban J connectivity index is 3.04. The van der Waals surface area contributed by atoms with Crippen LogP contribution in [0.3, 0.4) is 0 Å². The van der Waals surface area contributed by atoms with Gasteiger partial charge in [0.1, 0.15) is 0 Å². The van der Waals surface area contributed by atoms with Crippen LogP contribution in [0.4, 0.5) is 0 Å². The number of hydrogen-bond acceptors (Lipinski definition) is 4. The number of halogens is 1. The molecule has 0 fully saturated rings. The van der Waals surface area contributed by atoms with Crippen molar-refractivity contribution in [3.8, 4) is 5.75 Å². The van der Waals surface area contributed by atoms with Crippen LogP contribution < -0.4 is 4.84 Å². The predicted octanol–water partition coefficient (Wildman–Crippen LogP) is 1.76. The Morgan fingerprint density at radius 2 is 2.15 bits per heavy atom. The van der Waals surface area contributed by atoms with Crippen molar-refractivity contribution in [3.05, 3.63) is 29.8 Å². The van der Waals surface area contributed by atoms with Gasteiger partial charge in [-0.25, -0.2) is 0 Å². The fourth-order valence-corrected chi connectivity index (χ4v) is 1.03. The lowest BCUT2D eigenvalue weighted by molar-refractivity contribution is 0.107. The van der Waals surface area contributed by atoms with Gasteiger partial charge < -0.3 is 4.84 Å². The molecule has 0 atom stereocenters. The predicted molar refractivity (Wildman–Crippen MR) is 47.8 cm³/mol. The van der Waals surface area contributed by atoms with Crippen LogP contribution in [-0.2, 0) is 11.5 Å². The van der Waals surface area contributed by atoms with E-state index >= 15 is 0 Å². The minimum atomic E-state index is -0.651. The van der Waals surface area contributed by atoms with Gasteiger partial charge in [-0.2, -0.15) is 4.21 Å². The molecular formula is C7H4ClNO3S. The van der Waals surface area contributed by atoms with Crippen LogP contribution in [0.2, 0.25) is 0 Å². The molecule has 68 valence electrons. The topological polar surface area (TPSA) is 55.7 Å². The highest BCUT2D eigenvalue weighted by Crippen LogP contribution is 2.19. The standard InChI is InChI=1S/C7H4ClNO3S/c8-7(10)5-3-1-2-4-6(5)12-9-13-11/h1-4H. The van der Waals surface area contributed by atoms with Crippen LogP contribution in [0, 0.1) is 0 Å². The molecule has 4 nitrogen and oxygen atoms in total. The molecule has 6 heteroatoms. The zero-order valence-corrected chi connectivity index (χ0v) is 7.84. The lowest BCUT2D eigenvalue weighted by Crippen LogP contribution is -1.93. The molecule has 0 aliphatic heterocycles. The van der Waals surface area contributed by atoms with Crippen molar-refractivity contribution in [1.82, 2.24) is 0 Å². The normalized spacial score (nSPS) is 9.00. The van der Waals surface area contributed by atoms with Gasteiger partial charge >= 0.3 is 0 Å². The zero-order chi connectivity index (χ0) is 9.68. The summed E-state index contributed by atoms with van der Waals surface area (Å²) in [6.07, 6.45) is 0. The van der Waals surface area contributed by atoms with E-state index in [9.17, 15) is 9.00 Å². The van der Waals surface area contributed by atoms with Gasteiger partial charge in [0.2, 0.25) is 11.5 Å². The number of hydrogen-bond donors (Lipinski definition) is 0. The molecule has 0 aromatic heterocycles. The fraction of sp³-hybridized carbons (Fsp3) is 0. The molecule has 0 amide bonds. The summed E-state index contributed by atoms with van der Waals surface area (Å²) in [5, 5.41) is -0.651. The van der Waals surface area contributed by atoms with E-state index in [0.717, 1.165) is 0 Å². The molecule has 0 heterocycles. The molecule has 1 rings (SSSR count). The van der Waals surface area contributed by atoms with Crippen molar-refractivity contribution in [2.75, 3.05) is 0 Å². The third-order valence-electron chi connectivity index (χ3n) is 1.26. The maximum absolute atomic E-state index is 10.8. The smallest absolute Gasteiger partial charge is 0.256 e. The number of para-hydroxylation sites is 1. The quantitative estimate of drug-likeness (QED) is 0.573. The first-order chi connectivity index (χ1) is 6.25. The van der Waals surface area contributed by atoms with E-state index in [1.807, 2.05) is 0 Å². The third kappa shape index (κ3) is 2.64. The van der Waals surface area contributed by atoms with Crippen molar-refractivity contribution >= 4 is 28.3 Å². The Kier molecular flexibility index (Phi) is 3.60. The Morgan fingerprint density at radius 3 is 2.77 bits per heavy atom. The summed E-state index contributed by atoms with van der Waals surface area (Å²) in [5.74, 6) is 0.172. The summed E-state index contributed by atoms with van der Waals surface area (Å²) in [6, 6.07) is 6.25. The van der Waals surface area contributed by atoms with E-state index < -0.39 is 5.24 Å². The summed E-state index contributed by atoms with van der Waals surface area (Å²) in [4.78, 5) is 15.4. The summed E-state index contributed by atoms with van der Waals surface area (Å²) in [7, 11) is 0. The van der Waals surface area contributed by atoms with Crippen LogP contribution in [0.15, 0.2) is 28.8 Å². The second-order valence-corrected chi connectivity index (χ2v) is 2.65. The SMILES string of the molecule is O=S=NOc1ccccc1C(=O)Cl. The monoisotopic (exact) mass is 217 g/mol. The first-order valence-electron chi connectivity index (χ1n) is 3.21. The highest BCUT2D eigenvalue weighted by molar-refractivity contribution is 7.54. The number of carbonyl (C=O) groups is 1. The third-order valence-corrected chi connectivity index (χ3v) is 1.60. The molecule has 0 unspecified atom stereocenters. The second kappa shape index (κ2) is 4.74. The van der Waals surface area contributed by atoms with Gasteiger partial charge in [0.05, 0.1) is 5.56 Å². The van der Waals surface area contributed by atoms with Crippen molar-refractivity contribution in [2.45, 2.75) is 0 Å². The Labute approximate surface area is 82.7 Å². The second-order valence-electron chi connectivity index (χ2n) is 2.01. The minimum absolute atomic E-state index is 0.0847. The van der Waals surface area contributed by atoms with Gasteiger partial charge in [-0.15, -0.1) is 0 Å². The largest absolute Gasteiger partial charge is 0.343 e. The zero-order valence-electron chi connectivity index (χ0n) is 6.27. The Hall–Kier alpha value is -1.20. The van der Waals surface area contributed by atoms with Crippen LogP contribution in [0.5, 0.6) is 5.75 Å². The summed E-state index contributed by atoms with van der Waals surface area (Å²) < 4.78 is 12.9. The van der Waals surface area contributed by atoms with Crippen LogP contribution in [0.1, 0.15) is 10.4 Å². The van der Waals surface area contributed by atoms with Crippen LogP contribution in [-0.4, -0.2) is 9.45 Å². The van der Waals surface area contributed by atoms with Gasteiger partial charge in [0.15, 0.2) is 5.75 Å². The molecule has 13 heavy (non-hydrogen) atoms. The molecule has 0 bridgehead atoms. The lowest BCUT2D eigenvalue weighted by Gasteiger charge is -1.99. The number of rotatable bonds is 3. The average molecular weight is 218 g/mol. The minimum Gasteiger partial charge on any atom is -0.343 e. The van der Waals surface area contributed by atoms with E-state index in [1.165, 1.54) is 12.1 Å². The van der Waals surface area contributed by atoms with Gasteiger partial charge in [0.25, 0.3) is 5.24 Å². The van der Waals surface area contributed by atoms with Gasteiger partial charge in [0, 0.05) is 4.53 Å². The summed E-state index contributed by atoms with van der Waals surface area (Å²) >= 11 is 5.16. The Bertz CT molecular complexity index is 376. The van der Waals surface area contributed by atoms with Gasteiger partial charge in [-0.1, -0.05) is 12.1 Å². The molecule has 0 aliphatic carbocycles. The Morgan fingerprint density at radius 1 is 1.46 bits per heavy atom. The van der Waals surface area contributed by atoms with E-state index in [-0.39, 0.29) is 22.8 Å². The van der Waals surface area contributed by atoms with Crippen molar-refractivity contribution in [3.63, 3.8) is 0 Å². The van der Waals surface area contributed by atoms with Crippen molar-refractivity contribution < 1.29 is 13.8 Å². The van der Waals surface area contributed by atoms with Gasteiger partial charge in [-0.05, 0) is 23.7 Å². The van der Waals surface area contributed by atoms with E-state index in [0.29, 0.717) is 0 Å². The number of nitrogens with zero attached hydrogens (tertiary/aromatic N) is 1. The molecule has 0 radical (unpaired) electrons. The molecule has 0 aliphatic rings. The van der Waals surface area contributed by atoms with E-state index in [1.54, 1.807) is 12.1 Å². The maximum atomic E-state index is 10.8. The van der Waals surface area contributed by atoms with Crippen LogP contribution in [0.25, 0.3) is 0 Å². The molecule has 0 N–H and O–H groups in total. The number of carbonyl (C=O) groups excluding carboxylic acids is 1. The molecule has 1 aromatic rings. The molecule has 1 aromatic carbocycles. The number of benzene rings is 1. The summed E-state index contributed by atoms with van der Waals surface area (Å²) in [6.45, 7) is 0. The van der Waals surface area contributed by atoms with Crippen molar-refractivity contribution in [1.29, 1.82) is 0 Å². The molecule has 0 saturated heterocycles. The molecular weight excluding hydrogens is 214 g/mol. The molecule has 0 saturated carbocycles. The highest BCUT2D eigenvalue weighted by atomic mass is 35.5. The van der Waals surface area contributed by atoms with Gasteiger partial charge in [-0.3, -0.25) is 4.79 Å². The fourth-order valence-electron chi connectivity index (χ4n) is 0.764.